The number of rotatable bonds is 3. The highest BCUT2D eigenvalue weighted by Gasteiger charge is 2.14. The van der Waals surface area contributed by atoms with Gasteiger partial charge in [0.05, 0.1) is 18.1 Å². The molecule has 0 saturated carbocycles. The molecular weight excluding hydrogens is 326 g/mol. The van der Waals surface area contributed by atoms with E-state index >= 15 is 0 Å². The molecule has 3 aromatic rings. The summed E-state index contributed by atoms with van der Waals surface area (Å²) in [5.74, 6) is 0.426. The molecule has 0 unspecified atom stereocenters. The van der Waals surface area contributed by atoms with Crippen molar-refractivity contribution in [3.63, 3.8) is 0 Å². The van der Waals surface area contributed by atoms with Crippen molar-refractivity contribution in [2.45, 2.75) is 26.2 Å². The fourth-order valence-corrected chi connectivity index (χ4v) is 2.51. The Morgan fingerprint density at radius 2 is 1.65 bits per heavy atom. The van der Waals surface area contributed by atoms with Crippen molar-refractivity contribution in [2.75, 3.05) is 5.32 Å². The predicted molar refractivity (Wildman–Crippen MR) is 102 cm³/mol. The highest BCUT2D eigenvalue weighted by atomic mass is 16.3. The number of anilines is 1. The molecule has 132 valence electrons. The van der Waals surface area contributed by atoms with Gasteiger partial charge in [-0.1, -0.05) is 45.0 Å². The number of phenols is 1. The summed E-state index contributed by atoms with van der Waals surface area (Å²) in [7, 11) is 0. The van der Waals surface area contributed by atoms with Crippen molar-refractivity contribution in [2.24, 2.45) is 0 Å². The van der Waals surface area contributed by atoms with Crippen molar-refractivity contribution in [3.8, 4) is 17.1 Å². The summed E-state index contributed by atoms with van der Waals surface area (Å²) in [5, 5.41) is 12.3. The molecule has 1 aromatic heterocycles. The third-order valence-corrected chi connectivity index (χ3v) is 4.03. The molecule has 0 radical (unpaired) electrons. The fourth-order valence-electron chi connectivity index (χ4n) is 2.51. The van der Waals surface area contributed by atoms with Gasteiger partial charge in [0.2, 0.25) is 0 Å². The second kappa shape index (κ2) is 6.96. The van der Waals surface area contributed by atoms with Gasteiger partial charge in [-0.15, -0.1) is 0 Å². The third kappa shape index (κ3) is 4.06. The molecule has 0 aliphatic heterocycles. The summed E-state index contributed by atoms with van der Waals surface area (Å²) in [5.41, 5.74) is 3.02. The van der Waals surface area contributed by atoms with Crippen LogP contribution in [0.2, 0.25) is 0 Å². The molecule has 2 aromatic carbocycles. The SMILES string of the molecule is CC(C)(C)c1ccc(C(=O)Nc2cnc(-c3cccc(O)c3)nc2)cc1. The lowest BCUT2D eigenvalue weighted by molar-refractivity contribution is 0.102. The van der Waals surface area contributed by atoms with Crippen LogP contribution in [0, 0.1) is 0 Å². The number of aromatic nitrogens is 2. The normalized spacial score (nSPS) is 11.2. The van der Waals surface area contributed by atoms with Crippen molar-refractivity contribution in [3.05, 3.63) is 72.1 Å². The standard InChI is InChI=1S/C21H21N3O2/c1-21(2,3)16-9-7-14(8-10-16)20(26)24-17-12-22-19(23-13-17)15-5-4-6-18(25)11-15/h4-13,25H,1-3H3,(H,24,26). The Labute approximate surface area is 152 Å². The van der Waals surface area contributed by atoms with E-state index in [1.165, 1.54) is 5.56 Å². The monoisotopic (exact) mass is 347 g/mol. The first-order chi connectivity index (χ1) is 12.3. The quantitative estimate of drug-likeness (QED) is 0.736. The average Bonchev–Trinajstić information content (AvgIpc) is 2.62. The molecule has 26 heavy (non-hydrogen) atoms. The van der Waals surface area contributed by atoms with Crippen LogP contribution < -0.4 is 5.32 Å². The summed E-state index contributed by atoms with van der Waals surface area (Å²) >= 11 is 0. The molecule has 2 N–H and O–H groups in total. The molecule has 1 amide bonds. The van der Waals surface area contributed by atoms with Crippen LogP contribution in [-0.2, 0) is 5.41 Å². The van der Waals surface area contributed by atoms with Gasteiger partial charge in [-0.2, -0.15) is 0 Å². The minimum Gasteiger partial charge on any atom is -0.508 e. The Kier molecular flexibility index (Phi) is 4.71. The highest BCUT2D eigenvalue weighted by molar-refractivity contribution is 6.04. The molecule has 0 bridgehead atoms. The van der Waals surface area contributed by atoms with E-state index in [0.29, 0.717) is 22.6 Å². The number of phenolic OH excluding ortho intramolecular Hbond substituents is 1. The van der Waals surface area contributed by atoms with Crippen LogP contribution in [-0.4, -0.2) is 21.0 Å². The Bertz CT molecular complexity index is 911. The summed E-state index contributed by atoms with van der Waals surface area (Å²) in [6.45, 7) is 6.40. The Morgan fingerprint density at radius 1 is 1.00 bits per heavy atom. The lowest BCUT2D eigenvalue weighted by Crippen LogP contribution is -2.14. The maximum Gasteiger partial charge on any atom is 0.255 e. The summed E-state index contributed by atoms with van der Waals surface area (Å²) in [4.78, 5) is 20.9. The van der Waals surface area contributed by atoms with Crippen molar-refractivity contribution in [1.82, 2.24) is 9.97 Å². The number of hydrogen-bond acceptors (Lipinski definition) is 4. The fraction of sp³-hybridized carbons (Fsp3) is 0.190. The topological polar surface area (TPSA) is 75.1 Å². The van der Waals surface area contributed by atoms with Gasteiger partial charge < -0.3 is 10.4 Å². The lowest BCUT2D eigenvalue weighted by atomic mass is 9.87. The van der Waals surface area contributed by atoms with E-state index in [4.69, 9.17) is 0 Å². The number of carbonyl (C=O) groups excluding carboxylic acids is 1. The van der Waals surface area contributed by atoms with E-state index in [0.717, 1.165) is 0 Å². The van der Waals surface area contributed by atoms with E-state index in [1.54, 1.807) is 30.6 Å². The van der Waals surface area contributed by atoms with Crippen LogP contribution >= 0.6 is 0 Å². The van der Waals surface area contributed by atoms with Crippen LogP contribution in [0.4, 0.5) is 5.69 Å². The van der Waals surface area contributed by atoms with E-state index in [2.05, 4.69) is 36.1 Å². The Morgan fingerprint density at radius 3 is 2.23 bits per heavy atom. The number of amides is 1. The summed E-state index contributed by atoms with van der Waals surface area (Å²) in [6.07, 6.45) is 3.10. The zero-order valence-corrected chi connectivity index (χ0v) is 15.0. The first-order valence-electron chi connectivity index (χ1n) is 8.36. The Balaban J connectivity index is 1.72. The summed E-state index contributed by atoms with van der Waals surface area (Å²) in [6, 6.07) is 14.3. The highest BCUT2D eigenvalue weighted by Crippen LogP contribution is 2.23. The smallest absolute Gasteiger partial charge is 0.255 e. The van der Waals surface area contributed by atoms with Crippen LogP contribution in [0.25, 0.3) is 11.4 Å². The number of carbonyl (C=O) groups is 1. The average molecular weight is 347 g/mol. The minimum absolute atomic E-state index is 0.0462. The molecule has 0 aliphatic carbocycles. The van der Waals surface area contributed by atoms with Crippen LogP contribution in [0.1, 0.15) is 36.7 Å². The van der Waals surface area contributed by atoms with E-state index < -0.39 is 0 Å². The van der Waals surface area contributed by atoms with Gasteiger partial charge in [0, 0.05) is 11.1 Å². The third-order valence-electron chi connectivity index (χ3n) is 4.03. The zero-order chi connectivity index (χ0) is 18.7. The molecule has 0 atom stereocenters. The molecule has 0 spiro atoms. The Hall–Kier alpha value is -3.21. The molecule has 5 heteroatoms. The molecule has 0 aliphatic rings. The second-order valence-corrected chi connectivity index (χ2v) is 7.13. The molecule has 0 saturated heterocycles. The van der Waals surface area contributed by atoms with Crippen LogP contribution in [0.5, 0.6) is 5.75 Å². The second-order valence-electron chi connectivity index (χ2n) is 7.13. The number of nitrogens with one attached hydrogen (secondary N) is 1. The van der Waals surface area contributed by atoms with Crippen molar-refractivity contribution in [1.29, 1.82) is 0 Å². The van der Waals surface area contributed by atoms with Gasteiger partial charge in [-0.25, -0.2) is 9.97 Å². The minimum atomic E-state index is -0.209. The van der Waals surface area contributed by atoms with Crippen molar-refractivity contribution < 1.29 is 9.90 Å². The number of nitrogens with zero attached hydrogens (tertiary/aromatic N) is 2. The predicted octanol–water partition coefficient (Wildman–Crippen LogP) is 4.40. The zero-order valence-electron chi connectivity index (χ0n) is 15.0. The lowest BCUT2D eigenvalue weighted by Gasteiger charge is -2.19. The van der Waals surface area contributed by atoms with Crippen LogP contribution in [0.3, 0.4) is 0 Å². The van der Waals surface area contributed by atoms with E-state index in [-0.39, 0.29) is 17.1 Å². The molecule has 1 heterocycles. The molecule has 5 nitrogen and oxygen atoms in total. The first-order valence-corrected chi connectivity index (χ1v) is 8.36. The number of hydrogen-bond donors (Lipinski definition) is 2. The van der Waals surface area contributed by atoms with E-state index in [9.17, 15) is 9.90 Å². The van der Waals surface area contributed by atoms with E-state index in [1.807, 2.05) is 30.3 Å². The maximum atomic E-state index is 12.4. The molecule has 3 rings (SSSR count). The van der Waals surface area contributed by atoms with Gasteiger partial charge in [-0.3, -0.25) is 4.79 Å². The van der Waals surface area contributed by atoms with Gasteiger partial charge in [0.1, 0.15) is 5.75 Å². The first kappa shape index (κ1) is 17.6. The maximum absolute atomic E-state index is 12.4. The van der Waals surface area contributed by atoms with Gasteiger partial charge in [0.25, 0.3) is 5.91 Å². The summed E-state index contributed by atoms with van der Waals surface area (Å²) < 4.78 is 0. The van der Waals surface area contributed by atoms with Gasteiger partial charge in [-0.05, 0) is 35.2 Å². The molecular formula is C21H21N3O2. The van der Waals surface area contributed by atoms with Gasteiger partial charge in [0.15, 0.2) is 5.82 Å². The van der Waals surface area contributed by atoms with Crippen molar-refractivity contribution >= 4 is 11.6 Å². The molecule has 0 fully saturated rings. The number of aromatic hydroxyl groups is 1. The van der Waals surface area contributed by atoms with Gasteiger partial charge >= 0.3 is 0 Å². The largest absolute Gasteiger partial charge is 0.508 e. The van der Waals surface area contributed by atoms with Crippen LogP contribution in [0.15, 0.2) is 60.9 Å². The number of benzene rings is 2.